The second kappa shape index (κ2) is 11.3. The molecule has 11 rings (SSSR count). The number of hydrogen-bond acceptors (Lipinski definition) is 5. The Labute approximate surface area is 314 Å². The molecule has 5 heteroatoms. The van der Waals surface area contributed by atoms with Crippen molar-refractivity contribution in [2.24, 2.45) is 0 Å². The highest BCUT2D eigenvalue weighted by Crippen LogP contribution is 2.52. The predicted molar refractivity (Wildman–Crippen MR) is 219 cm³/mol. The molecule has 1 atom stereocenters. The van der Waals surface area contributed by atoms with Crippen molar-refractivity contribution in [2.75, 3.05) is 0 Å². The number of nitrogens with zero attached hydrogens (tertiary/aromatic N) is 3. The fraction of sp³-hybridized carbons (Fsp3) is 0.0625. The van der Waals surface area contributed by atoms with E-state index in [0.717, 1.165) is 82.1 Å². The summed E-state index contributed by atoms with van der Waals surface area (Å²) in [5, 5.41) is 4.52. The molecular formula is C48H31N3OS. The molecule has 4 nitrogen and oxygen atoms in total. The normalized spacial score (nSPS) is 16.1. The fourth-order valence-corrected chi connectivity index (χ4v) is 9.38. The van der Waals surface area contributed by atoms with Crippen LogP contribution in [0.15, 0.2) is 156 Å². The molecule has 0 fully saturated rings. The van der Waals surface area contributed by atoms with Gasteiger partial charge < -0.3 is 4.42 Å². The molecule has 0 radical (unpaired) electrons. The number of furan rings is 1. The van der Waals surface area contributed by atoms with Crippen molar-refractivity contribution < 1.29 is 8.53 Å². The van der Waals surface area contributed by atoms with Gasteiger partial charge in [-0.05, 0) is 46.0 Å². The highest BCUT2D eigenvalue weighted by atomic mass is 32.1. The molecule has 0 N–H and O–H groups in total. The number of rotatable bonds is 4. The lowest BCUT2D eigenvalue weighted by atomic mass is 9.82. The van der Waals surface area contributed by atoms with Gasteiger partial charge in [-0.3, -0.25) is 0 Å². The number of para-hydroxylation sites is 2. The van der Waals surface area contributed by atoms with Gasteiger partial charge in [0.1, 0.15) is 11.2 Å². The van der Waals surface area contributed by atoms with Crippen molar-refractivity contribution >= 4 is 53.4 Å². The highest BCUT2D eigenvalue weighted by Gasteiger charge is 2.37. The van der Waals surface area contributed by atoms with E-state index in [9.17, 15) is 0 Å². The van der Waals surface area contributed by atoms with E-state index in [1.807, 2.05) is 67.6 Å². The van der Waals surface area contributed by atoms with Gasteiger partial charge in [0.15, 0.2) is 17.5 Å². The standard InChI is InChI=1S/C48H31N3OS/c1-48(2)38-20-6-3-14-35(38)42-36(18-11-21-39(42)48)46-49-45(50-47(51-46)37-19-10-17-34-32-13-5-8-23-41(32)53-44(34)37)29-26-24-28(25-27-29)30-15-9-16-33-31-12-4-7-22-40(31)52-43(30)33/h3-27H,1-2H3/i1D3. The molecule has 3 aromatic heterocycles. The topological polar surface area (TPSA) is 51.8 Å². The molecule has 0 aliphatic heterocycles. The number of thiophene rings is 1. The maximum atomic E-state index is 8.72. The van der Waals surface area contributed by atoms with Gasteiger partial charge in [0.2, 0.25) is 0 Å². The summed E-state index contributed by atoms with van der Waals surface area (Å²) in [5.74, 6) is 1.57. The van der Waals surface area contributed by atoms with Crippen LogP contribution in [0.4, 0.5) is 0 Å². The lowest BCUT2D eigenvalue weighted by Gasteiger charge is -2.21. The first-order valence-electron chi connectivity index (χ1n) is 19.2. The van der Waals surface area contributed by atoms with E-state index in [-0.39, 0.29) is 0 Å². The summed E-state index contributed by atoms with van der Waals surface area (Å²) in [4.78, 5) is 15.6. The SMILES string of the molecule is [2H]C([2H])([2H])C1(C)c2ccccc2-c2c(-c3nc(-c4ccc(-c5cccc6c5oc5ccccc56)cc4)nc(-c4cccc5c4sc4ccccc45)n3)cccc21. The molecule has 0 saturated heterocycles. The van der Waals surface area contributed by atoms with E-state index in [0.29, 0.717) is 17.5 Å². The van der Waals surface area contributed by atoms with Gasteiger partial charge in [-0.15, -0.1) is 11.3 Å². The maximum absolute atomic E-state index is 8.72. The van der Waals surface area contributed by atoms with Crippen LogP contribution >= 0.6 is 11.3 Å². The third-order valence-electron chi connectivity index (χ3n) is 10.7. The van der Waals surface area contributed by atoms with E-state index in [4.69, 9.17) is 23.5 Å². The third kappa shape index (κ3) is 4.51. The average molecular weight is 701 g/mol. The molecule has 250 valence electrons. The van der Waals surface area contributed by atoms with Crippen molar-refractivity contribution in [1.82, 2.24) is 15.0 Å². The van der Waals surface area contributed by atoms with Gasteiger partial charge in [-0.1, -0.05) is 147 Å². The van der Waals surface area contributed by atoms with Gasteiger partial charge >= 0.3 is 0 Å². The minimum absolute atomic E-state index is 0.487. The van der Waals surface area contributed by atoms with Gasteiger partial charge in [-0.2, -0.15) is 0 Å². The summed E-state index contributed by atoms with van der Waals surface area (Å²) in [5.41, 5.74) is 8.32. The zero-order chi connectivity index (χ0) is 37.8. The Morgan fingerprint density at radius 1 is 0.509 bits per heavy atom. The number of hydrogen-bond donors (Lipinski definition) is 0. The summed E-state index contributed by atoms with van der Waals surface area (Å²) in [6.45, 7) is -0.456. The van der Waals surface area contributed by atoms with Crippen molar-refractivity contribution in [3.63, 3.8) is 0 Å². The van der Waals surface area contributed by atoms with Gasteiger partial charge in [0, 0.05) is 62.7 Å². The molecule has 1 unspecified atom stereocenters. The Hall–Kier alpha value is -6.43. The fourth-order valence-electron chi connectivity index (χ4n) is 8.17. The van der Waals surface area contributed by atoms with E-state index in [1.165, 1.54) is 10.1 Å². The quantitative estimate of drug-likeness (QED) is 0.183. The number of benzene rings is 7. The summed E-state index contributed by atoms with van der Waals surface area (Å²) >= 11 is 1.73. The van der Waals surface area contributed by atoms with E-state index in [2.05, 4.69) is 91.0 Å². The van der Waals surface area contributed by atoms with Crippen LogP contribution in [0, 0.1) is 0 Å². The van der Waals surface area contributed by atoms with Crippen molar-refractivity contribution in [3.8, 4) is 56.4 Å². The van der Waals surface area contributed by atoms with E-state index >= 15 is 0 Å². The molecule has 0 bridgehead atoms. The van der Waals surface area contributed by atoms with Crippen LogP contribution in [0.25, 0.3) is 98.5 Å². The molecule has 0 spiro atoms. The van der Waals surface area contributed by atoms with Crippen LogP contribution in [-0.4, -0.2) is 15.0 Å². The smallest absolute Gasteiger partial charge is 0.165 e. The van der Waals surface area contributed by atoms with Crippen molar-refractivity contribution in [3.05, 3.63) is 163 Å². The Kier molecular flexibility index (Phi) is 5.80. The van der Waals surface area contributed by atoms with E-state index < -0.39 is 12.3 Å². The zero-order valence-electron chi connectivity index (χ0n) is 31.6. The first kappa shape index (κ1) is 27.3. The third-order valence-corrected chi connectivity index (χ3v) is 11.9. The Bertz CT molecular complexity index is 3220. The first-order valence-corrected chi connectivity index (χ1v) is 18.5. The summed E-state index contributed by atoms with van der Waals surface area (Å²) < 4.78 is 34.8. The summed E-state index contributed by atoms with van der Waals surface area (Å²) in [6, 6.07) is 51.1. The molecule has 0 saturated carbocycles. The monoisotopic (exact) mass is 700 g/mol. The van der Waals surface area contributed by atoms with Crippen molar-refractivity contribution in [1.29, 1.82) is 0 Å². The Balaban J connectivity index is 1.12. The largest absolute Gasteiger partial charge is 0.455 e. The highest BCUT2D eigenvalue weighted by molar-refractivity contribution is 7.26. The molecular weight excluding hydrogens is 667 g/mol. The molecule has 7 aromatic carbocycles. The van der Waals surface area contributed by atoms with Crippen LogP contribution in [-0.2, 0) is 5.41 Å². The van der Waals surface area contributed by atoms with Crippen LogP contribution in [0.5, 0.6) is 0 Å². The molecule has 10 aromatic rings. The minimum Gasteiger partial charge on any atom is -0.455 e. The Morgan fingerprint density at radius 2 is 1.11 bits per heavy atom. The molecule has 1 aliphatic carbocycles. The van der Waals surface area contributed by atoms with Gasteiger partial charge in [0.25, 0.3) is 0 Å². The first-order chi connectivity index (χ1) is 27.3. The van der Waals surface area contributed by atoms with Gasteiger partial charge in [-0.25, -0.2) is 15.0 Å². The van der Waals surface area contributed by atoms with Crippen LogP contribution < -0.4 is 0 Å². The van der Waals surface area contributed by atoms with Crippen LogP contribution in [0.1, 0.15) is 29.0 Å². The summed E-state index contributed by atoms with van der Waals surface area (Å²) in [6.07, 6.45) is 0. The van der Waals surface area contributed by atoms with E-state index in [1.54, 1.807) is 11.3 Å². The molecule has 3 heterocycles. The number of fused-ring (bicyclic) bond motifs is 9. The molecule has 53 heavy (non-hydrogen) atoms. The number of aromatic nitrogens is 3. The summed E-state index contributed by atoms with van der Waals surface area (Å²) in [7, 11) is 0. The predicted octanol–water partition coefficient (Wildman–Crippen LogP) is 13.1. The van der Waals surface area contributed by atoms with Gasteiger partial charge in [0.05, 0.1) is 0 Å². The van der Waals surface area contributed by atoms with Crippen LogP contribution in [0.2, 0.25) is 0 Å². The average Bonchev–Trinajstić information content (AvgIpc) is 3.89. The van der Waals surface area contributed by atoms with Crippen molar-refractivity contribution in [2.45, 2.75) is 19.2 Å². The zero-order valence-corrected chi connectivity index (χ0v) is 29.4. The lowest BCUT2D eigenvalue weighted by molar-refractivity contribution is 0.660. The molecule has 0 amide bonds. The Morgan fingerprint density at radius 3 is 1.98 bits per heavy atom. The van der Waals surface area contributed by atoms with Crippen LogP contribution in [0.3, 0.4) is 0 Å². The second-order valence-corrected chi connectivity index (χ2v) is 14.9. The lowest BCUT2D eigenvalue weighted by Crippen LogP contribution is -2.14. The second-order valence-electron chi connectivity index (χ2n) is 13.8. The molecule has 1 aliphatic rings. The minimum atomic E-state index is -2.28. The maximum Gasteiger partial charge on any atom is 0.165 e.